The Labute approximate surface area is 129 Å². The fourth-order valence-electron chi connectivity index (χ4n) is 2.87. The third-order valence-corrected chi connectivity index (χ3v) is 5.00. The minimum absolute atomic E-state index is 0.0677. The van der Waals surface area contributed by atoms with Crippen molar-refractivity contribution >= 4 is 22.9 Å². The summed E-state index contributed by atoms with van der Waals surface area (Å²) in [6.07, 6.45) is 2.64. The number of thiazole rings is 1. The Morgan fingerprint density at radius 1 is 1.38 bits per heavy atom. The molecule has 3 nitrogen and oxygen atoms in total. The van der Waals surface area contributed by atoms with Crippen molar-refractivity contribution < 1.29 is 4.79 Å². The van der Waals surface area contributed by atoms with Gasteiger partial charge in [-0.1, -0.05) is 32.0 Å². The molecule has 1 heterocycles. The van der Waals surface area contributed by atoms with Gasteiger partial charge in [0.15, 0.2) is 0 Å². The summed E-state index contributed by atoms with van der Waals surface area (Å²) in [6, 6.07) is 8.08. The van der Waals surface area contributed by atoms with Gasteiger partial charge in [-0.15, -0.1) is 11.3 Å². The zero-order valence-electron chi connectivity index (χ0n) is 12.4. The third kappa shape index (κ3) is 3.00. The number of amides is 1. The van der Waals surface area contributed by atoms with Crippen LogP contribution in [0.1, 0.15) is 42.3 Å². The van der Waals surface area contributed by atoms with Crippen LogP contribution in [0, 0.1) is 5.92 Å². The molecule has 0 spiro atoms. The topological polar surface area (TPSA) is 42.0 Å². The van der Waals surface area contributed by atoms with Gasteiger partial charge in [0.2, 0.25) is 5.91 Å². The fraction of sp³-hybridized carbons (Fsp3) is 0.412. The number of rotatable bonds is 3. The number of carbonyl (C=O) groups excluding carboxylic acids is 1. The zero-order chi connectivity index (χ0) is 14.8. The van der Waals surface area contributed by atoms with E-state index < -0.39 is 0 Å². The first kappa shape index (κ1) is 14.3. The van der Waals surface area contributed by atoms with Crippen LogP contribution in [-0.4, -0.2) is 10.9 Å². The van der Waals surface area contributed by atoms with Gasteiger partial charge in [0.25, 0.3) is 0 Å². The smallest absolute Gasteiger partial charge is 0.227 e. The molecule has 1 atom stereocenters. The highest BCUT2D eigenvalue weighted by atomic mass is 32.1. The summed E-state index contributed by atoms with van der Waals surface area (Å²) >= 11 is 1.67. The maximum absolute atomic E-state index is 12.5. The SMILES string of the molecule is CC(C)c1ccccc1NC(=O)C1CCc2ncsc2C1. The molecule has 110 valence electrons. The van der Waals surface area contributed by atoms with Crippen molar-refractivity contribution in [1.29, 1.82) is 0 Å². The van der Waals surface area contributed by atoms with E-state index in [1.54, 1.807) is 11.3 Å². The number of benzene rings is 1. The molecule has 0 radical (unpaired) electrons. The number of carbonyl (C=O) groups is 1. The number of para-hydroxylation sites is 1. The lowest BCUT2D eigenvalue weighted by molar-refractivity contribution is -0.120. The number of nitrogens with one attached hydrogen (secondary N) is 1. The first-order valence-electron chi connectivity index (χ1n) is 7.46. The molecule has 1 amide bonds. The van der Waals surface area contributed by atoms with Gasteiger partial charge in [-0.2, -0.15) is 0 Å². The molecule has 3 rings (SSSR count). The average molecular weight is 300 g/mol. The molecule has 0 fully saturated rings. The molecule has 1 N–H and O–H groups in total. The first-order valence-corrected chi connectivity index (χ1v) is 8.34. The summed E-state index contributed by atoms with van der Waals surface area (Å²) in [6.45, 7) is 4.30. The molecule has 21 heavy (non-hydrogen) atoms. The molecule has 1 aliphatic carbocycles. The van der Waals surface area contributed by atoms with Crippen molar-refractivity contribution in [2.24, 2.45) is 5.92 Å². The fourth-order valence-corrected chi connectivity index (χ4v) is 3.77. The molecular formula is C17H20N2OS. The summed E-state index contributed by atoms with van der Waals surface area (Å²) in [4.78, 5) is 18.2. The van der Waals surface area contributed by atoms with Gasteiger partial charge in [0.05, 0.1) is 11.2 Å². The van der Waals surface area contributed by atoms with E-state index >= 15 is 0 Å². The van der Waals surface area contributed by atoms with Crippen molar-refractivity contribution in [3.05, 3.63) is 45.9 Å². The van der Waals surface area contributed by atoms with E-state index in [-0.39, 0.29) is 11.8 Å². The highest BCUT2D eigenvalue weighted by molar-refractivity contribution is 7.09. The molecule has 0 saturated heterocycles. The van der Waals surface area contributed by atoms with Gasteiger partial charge in [-0.05, 0) is 36.8 Å². The number of anilines is 1. The molecule has 2 aromatic rings. The molecule has 1 unspecified atom stereocenters. The van der Waals surface area contributed by atoms with Crippen LogP contribution in [0.5, 0.6) is 0 Å². The Balaban J connectivity index is 1.73. The van der Waals surface area contributed by atoms with Gasteiger partial charge in [-0.25, -0.2) is 4.98 Å². The lowest BCUT2D eigenvalue weighted by atomic mass is 9.90. The summed E-state index contributed by atoms with van der Waals surface area (Å²) in [5, 5.41) is 3.13. The van der Waals surface area contributed by atoms with E-state index in [4.69, 9.17) is 0 Å². The van der Waals surface area contributed by atoms with E-state index in [1.807, 2.05) is 23.7 Å². The average Bonchev–Trinajstić information content (AvgIpc) is 2.94. The first-order chi connectivity index (χ1) is 10.1. The lowest BCUT2D eigenvalue weighted by Crippen LogP contribution is -2.28. The van der Waals surface area contributed by atoms with Crippen LogP contribution in [0.3, 0.4) is 0 Å². The number of fused-ring (bicyclic) bond motifs is 1. The van der Waals surface area contributed by atoms with E-state index in [9.17, 15) is 4.79 Å². The lowest BCUT2D eigenvalue weighted by Gasteiger charge is -2.22. The van der Waals surface area contributed by atoms with E-state index in [1.165, 1.54) is 16.1 Å². The second kappa shape index (κ2) is 5.98. The van der Waals surface area contributed by atoms with Crippen LogP contribution in [0.25, 0.3) is 0 Å². The molecule has 1 aromatic heterocycles. The Morgan fingerprint density at radius 2 is 2.19 bits per heavy atom. The highest BCUT2D eigenvalue weighted by Crippen LogP contribution is 2.30. The van der Waals surface area contributed by atoms with Crippen LogP contribution < -0.4 is 5.32 Å². The van der Waals surface area contributed by atoms with E-state index in [2.05, 4.69) is 30.2 Å². The summed E-state index contributed by atoms with van der Waals surface area (Å²) in [7, 11) is 0. The predicted octanol–water partition coefficient (Wildman–Crippen LogP) is 4.01. The maximum Gasteiger partial charge on any atom is 0.227 e. The van der Waals surface area contributed by atoms with Gasteiger partial charge < -0.3 is 5.32 Å². The Kier molecular flexibility index (Phi) is 4.06. The van der Waals surface area contributed by atoms with Crippen molar-refractivity contribution in [2.75, 3.05) is 5.32 Å². The Bertz CT molecular complexity index is 648. The van der Waals surface area contributed by atoms with E-state index in [0.717, 1.165) is 24.9 Å². The molecule has 0 saturated carbocycles. The quantitative estimate of drug-likeness (QED) is 0.930. The minimum atomic E-state index is 0.0677. The van der Waals surface area contributed by atoms with Crippen LogP contribution >= 0.6 is 11.3 Å². The molecule has 0 bridgehead atoms. The zero-order valence-corrected chi connectivity index (χ0v) is 13.2. The van der Waals surface area contributed by atoms with Crippen LogP contribution in [-0.2, 0) is 17.6 Å². The Morgan fingerprint density at radius 3 is 3.00 bits per heavy atom. The van der Waals surface area contributed by atoms with Gasteiger partial charge in [0.1, 0.15) is 0 Å². The van der Waals surface area contributed by atoms with Crippen molar-refractivity contribution in [3.63, 3.8) is 0 Å². The van der Waals surface area contributed by atoms with Crippen LogP contribution in [0.15, 0.2) is 29.8 Å². The van der Waals surface area contributed by atoms with Crippen molar-refractivity contribution in [1.82, 2.24) is 4.98 Å². The second-order valence-electron chi connectivity index (χ2n) is 5.89. The van der Waals surface area contributed by atoms with Gasteiger partial charge >= 0.3 is 0 Å². The number of hydrogen-bond donors (Lipinski definition) is 1. The highest BCUT2D eigenvalue weighted by Gasteiger charge is 2.26. The van der Waals surface area contributed by atoms with Gasteiger partial charge in [-0.3, -0.25) is 4.79 Å². The largest absolute Gasteiger partial charge is 0.326 e. The Hall–Kier alpha value is -1.68. The number of aromatic nitrogens is 1. The standard InChI is InChI=1S/C17H20N2OS/c1-11(2)13-5-3-4-6-14(13)19-17(20)12-7-8-15-16(9-12)21-10-18-15/h3-6,10-12H,7-9H2,1-2H3,(H,19,20). The predicted molar refractivity (Wildman–Crippen MR) is 86.8 cm³/mol. The number of hydrogen-bond acceptors (Lipinski definition) is 3. The normalized spacial score (nSPS) is 17.6. The van der Waals surface area contributed by atoms with Crippen molar-refractivity contribution in [3.8, 4) is 0 Å². The van der Waals surface area contributed by atoms with Crippen LogP contribution in [0.2, 0.25) is 0 Å². The third-order valence-electron chi connectivity index (χ3n) is 4.10. The molecule has 4 heteroatoms. The monoisotopic (exact) mass is 300 g/mol. The summed E-state index contributed by atoms with van der Waals surface area (Å²) in [5.41, 5.74) is 5.22. The minimum Gasteiger partial charge on any atom is -0.326 e. The molecule has 1 aliphatic rings. The maximum atomic E-state index is 12.5. The van der Waals surface area contributed by atoms with Crippen molar-refractivity contribution in [2.45, 2.75) is 39.0 Å². The number of aryl methyl sites for hydroxylation is 1. The van der Waals surface area contributed by atoms with E-state index in [0.29, 0.717) is 5.92 Å². The molecule has 1 aromatic carbocycles. The molecule has 0 aliphatic heterocycles. The summed E-state index contributed by atoms with van der Waals surface area (Å²) in [5.74, 6) is 0.612. The summed E-state index contributed by atoms with van der Waals surface area (Å²) < 4.78 is 0. The second-order valence-corrected chi connectivity index (χ2v) is 6.83. The van der Waals surface area contributed by atoms with Crippen LogP contribution in [0.4, 0.5) is 5.69 Å². The number of nitrogens with zero attached hydrogens (tertiary/aromatic N) is 1. The van der Waals surface area contributed by atoms with Gasteiger partial charge in [0, 0.05) is 16.5 Å². The molecular weight excluding hydrogens is 280 g/mol.